The Morgan fingerprint density at radius 2 is 1.77 bits per heavy atom. The van der Waals surface area contributed by atoms with Gasteiger partial charge in [-0.15, -0.1) is 11.8 Å². The summed E-state index contributed by atoms with van der Waals surface area (Å²) in [5, 5.41) is 12.0. The van der Waals surface area contributed by atoms with Crippen molar-refractivity contribution < 1.29 is 28.2 Å². The topological polar surface area (TPSA) is 78.9 Å². The molecule has 6 nitrogen and oxygen atoms in total. The molecular weight excluding hydrogens is 474 g/mol. The van der Waals surface area contributed by atoms with E-state index in [-0.39, 0.29) is 25.6 Å². The molecule has 0 fully saturated rings. The summed E-state index contributed by atoms with van der Waals surface area (Å²) in [4.78, 5) is 25.9. The molecule has 0 aliphatic carbocycles. The number of carboxylic acids is 1. The molecule has 0 unspecified atom stereocenters. The van der Waals surface area contributed by atoms with Crippen LogP contribution in [0.1, 0.15) is 15.9 Å². The van der Waals surface area contributed by atoms with Crippen LogP contribution >= 0.6 is 11.8 Å². The van der Waals surface area contributed by atoms with Gasteiger partial charge in [0, 0.05) is 23.5 Å². The number of benzene rings is 3. The molecule has 3 aromatic carbocycles. The van der Waals surface area contributed by atoms with Crippen LogP contribution in [0.3, 0.4) is 0 Å². The van der Waals surface area contributed by atoms with Gasteiger partial charge in [0.2, 0.25) is 0 Å². The Bertz CT molecular complexity index is 1190. The minimum Gasteiger partial charge on any atom is -0.489 e. The van der Waals surface area contributed by atoms with Gasteiger partial charge >= 0.3 is 5.97 Å². The molecular formula is C26H26F2N2O4S. The van der Waals surface area contributed by atoms with Crippen LogP contribution in [-0.2, 0) is 11.4 Å². The van der Waals surface area contributed by atoms with E-state index in [4.69, 9.17) is 9.84 Å². The molecule has 0 aliphatic heterocycles. The molecule has 9 heteroatoms. The van der Waals surface area contributed by atoms with Gasteiger partial charge in [-0.25, -0.2) is 8.78 Å². The molecule has 0 saturated heterocycles. The van der Waals surface area contributed by atoms with Crippen molar-refractivity contribution in [1.82, 2.24) is 10.2 Å². The molecule has 0 bridgehead atoms. The fourth-order valence-corrected chi connectivity index (χ4v) is 4.08. The number of halogens is 2. The maximum atomic E-state index is 13.8. The molecule has 1 amide bonds. The van der Waals surface area contributed by atoms with Crippen molar-refractivity contribution in [2.24, 2.45) is 0 Å². The fourth-order valence-electron chi connectivity index (χ4n) is 3.46. The van der Waals surface area contributed by atoms with Crippen LogP contribution in [0.4, 0.5) is 8.78 Å². The van der Waals surface area contributed by atoms with E-state index in [0.717, 1.165) is 11.1 Å². The largest absolute Gasteiger partial charge is 0.489 e. The van der Waals surface area contributed by atoms with Crippen molar-refractivity contribution >= 4 is 23.6 Å². The quantitative estimate of drug-likeness (QED) is 0.372. The summed E-state index contributed by atoms with van der Waals surface area (Å²) in [6.07, 6.45) is 1.80. The third kappa shape index (κ3) is 7.03. The normalized spacial score (nSPS) is 10.7. The first-order chi connectivity index (χ1) is 16.8. The standard InChI is InChI=1S/C26H26F2N2O4S/c1-29-10-11-30(15-25(31)32)26(33)19-5-3-4-17(12-19)16-34-20-8-6-18(7-9-20)21-13-22(27)23(28)14-24(21)35-2/h3-9,12-14,29H,10-11,15-16H2,1-2H3,(H,31,32). The molecule has 0 atom stereocenters. The predicted molar refractivity (Wildman–Crippen MR) is 132 cm³/mol. The second-order valence-electron chi connectivity index (χ2n) is 7.70. The van der Waals surface area contributed by atoms with Gasteiger partial charge in [-0.1, -0.05) is 24.3 Å². The summed E-state index contributed by atoms with van der Waals surface area (Å²) >= 11 is 1.33. The van der Waals surface area contributed by atoms with Crippen molar-refractivity contribution in [2.45, 2.75) is 11.5 Å². The van der Waals surface area contributed by atoms with E-state index in [2.05, 4.69) is 5.32 Å². The number of thioether (sulfide) groups is 1. The van der Waals surface area contributed by atoms with E-state index >= 15 is 0 Å². The van der Waals surface area contributed by atoms with Crippen LogP contribution in [0.5, 0.6) is 5.75 Å². The molecule has 0 aromatic heterocycles. The summed E-state index contributed by atoms with van der Waals surface area (Å²) < 4.78 is 33.2. The number of carboxylic acid groups (broad SMARTS) is 1. The second-order valence-corrected chi connectivity index (χ2v) is 8.55. The number of nitrogens with zero attached hydrogens (tertiary/aromatic N) is 1. The summed E-state index contributed by atoms with van der Waals surface area (Å²) in [7, 11) is 1.73. The number of hydrogen-bond acceptors (Lipinski definition) is 5. The lowest BCUT2D eigenvalue weighted by atomic mass is 10.1. The molecule has 2 N–H and O–H groups in total. The Balaban J connectivity index is 1.69. The van der Waals surface area contributed by atoms with Crippen molar-refractivity contribution in [2.75, 3.05) is 32.9 Å². The first-order valence-electron chi connectivity index (χ1n) is 10.8. The number of aliphatic carboxylic acids is 1. The molecule has 0 heterocycles. The van der Waals surface area contributed by atoms with Gasteiger partial charge in [0.1, 0.15) is 18.9 Å². The second kappa shape index (κ2) is 12.3. The van der Waals surface area contributed by atoms with Crippen LogP contribution in [-0.4, -0.2) is 54.8 Å². The van der Waals surface area contributed by atoms with Crippen molar-refractivity contribution in [1.29, 1.82) is 0 Å². The summed E-state index contributed by atoms with van der Waals surface area (Å²) in [6.45, 7) is 0.548. The Morgan fingerprint density at radius 3 is 2.43 bits per heavy atom. The first-order valence-corrected chi connectivity index (χ1v) is 12.1. The molecule has 35 heavy (non-hydrogen) atoms. The lowest BCUT2D eigenvalue weighted by Gasteiger charge is -2.21. The van der Waals surface area contributed by atoms with Gasteiger partial charge in [0.25, 0.3) is 5.91 Å². The van der Waals surface area contributed by atoms with E-state index in [0.29, 0.717) is 28.3 Å². The van der Waals surface area contributed by atoms with Crippen LogP contribution in [0.25, 0.3) is 11.1 Å². The molecule has 0 aliphatic rings. The Kier molecular flexibility index (Phi) is 9.22. The van der Waals surface area contributed by atoms with Crippen molar-refractivity contribution in [3.8, 4) is 16.9 Å². The minimum atomic E-state index is -1.08. The monoisotopic (exact) mass is 500 g/mol. The average Bonchev–Trinajstić information content (AvgIpc) is 2.86. The number of rotatable bonds is 11. The first kappa shape index (κ1) is 26.2. The Labute approximate surface area is 206 Å². The van der Waals surface area contributed by atoms with Crippen LogP contribution in [0.15, 0.2) is 65.6 Å². The lowest BCUT2D eigenvalue weighted by molar-refractivity contribution is -0.137. The maximum absolute atomic E-state index is 13.8. The zero-order valence-electron chi connectivity index (χ0n) is 19.4. The van der Waals surface area contributed by atoms with Gasteiger partial charge < -0.3 is 20.1 Å². The third-order valence-corrected chi connectivity index (χ3v) is 6.01. The summed E-state index contributed by atoms with van der Waals surface area (Å²) in [5.74, 6) is -2.66. The molecule has 3 aromatic rings. The van der Waals surface area contributed by atoms with Gasteiger partial charge in [-0.2, -0.15) is 0 Å². The van der Waals surface area contributed by atoms with E-state index in [1.807, 2.05) is 6.07 Å². The molecule has 0 saturated carbocycles. The third-order valence-electron chi connectivity index (χ3n) is 5.23. The van der Waals surface area contributed by atoms with E-state index in [1.54, 1.807) is 55.8 Å². The number of carbonyl (C=O) groups is 2. The van der Waals surface area contributed by atoms with E-state index < -0.39 is 17.6 Å². The Hall–Kier alpha value is -3.43. The number of ether oxygens (including phenoxy) is 1. The number of hydrogen-bond donors (Lipinski definition) is 2. The number of amides is 1. The van der Waals surface area contributed by atoms with Gasteiger partial charge in [-0.05, 0) is 66.4 Å². The fraction of sp³-hybridized carbons (Fsp3) is 0.231. The highest BCUT2D eigenvalue weighted by atomic mass is 32.2. The van der Waals surface area contributed by atoms with Crippen molar-refractivity contribution in [3.05, 3.63) is 83.4 Å². The molecule has 0 radical (unpaired) electrons. The molecule has 184 valence electrons. The zero-order valence-corrected chi connectivity index (χ0v) is 20.2. The van der Waals surface area contributed by atoms with Crippen LogP contribution in [0, 0.1) is 11.6 Å². The minimum absolute atomic E-state index is 0.192. The highest BCUT2D eigenvalue weighted by molar-refractivity contribution is 7.98. The van der Waals surface area contributed by atoms with Gasteiger partial charge in [-0.3, -0.25) is 9.59 Å². The SMILES string of the molecule is CNCCN(CC(=O)O)C(=O)c1cccc(COc2ccc(-c3cc(F)c(F)cc3SC)cc2)c1. The molecule has 3 rings (SSSR count). The molecule has 0 spiro atoms. The highest BCUT2D eigenvalue weighted by Crippen LogP contribution is 2.33. The van der Waals surface area contributed by atoms with Crippen LogP contribution in [0.2, 0.25) is 0 Å². The smallest absolute Gasteiger partial charge is 0.323 e. The Morgan fingerprint density at radius 1 is 1.06 bits per heavy atom. The van der Waals surface area contributed by atoms with Gasteiger partial charge in [0.15, 0.2) is 11.6 Å². The number of nitrogens with one attached hydrogen (secondary N) is 1. The van der Waals surface area contributed by atoms with Crippen molar-refractivity contribution in [3.63, 3.8) is 0 Å². The zero-order chi connectivity index (χ0) is 25.4. The van der Waals surface area contributed by atoms with Crippen LogP contribution < -0.4 is 10.1 Å². The number of carbonyl (C=O) groups excluding carboxylic acids is 1. The summed E-state index contributed by atoms with van der Waals surface area (Å²) in [5.41, 5.74) is 2.45. The van der Waals surface area contributed by atoms with Gasteiger partial charge in [0.05, 0.1) is 0 Å². The number of likely N-dealkylation sites (N-methyl/N-ethyl adjacent to an activating group) is 1. The lowest BCUT2D eigenvalue weighted by Crippen LogP contribution is -2.39. The van der Waals surface area contributed by atoms with E-state index in [9.17, 15) is 18.4 Å². The van der Waals surface area contributed by atoms with E-state index in [1.165, 1.54) is 28.8 Å². The highest BCUT2D eigenvalue weighted by Gasteiger charge is 2.18. The maximum Gasteiger partial charge on any atom is 0.323 e. The summed E-state index contributed by atoms with van der Waals surface area (Å²) in [6, 6.07) is 16.2. The average molecular weight is 501 g/mol. The predicted octanol–water partition coefficient (Wildman–Crippen LogP) is 4.68.